The van der Waals surface area contributed by atoms with Crippen LogP contribution in [0.25, 0.3) is 0 Å². The van der Waals surface area contributed by atoms with Gasteiger partial charge in [-0.15, -0.1) is 24.2 Å². The van der Waals surface area contributed by atoms with Crippen LogP contribution < -0.4 is 10.6 Å². The third-order valence-corrected chi connectivity index (χ3v) is 4.66. The van der Waals surface area contributed by atoms with Crippen molar-refractivity contribution in [2.24, 2.45) is 0 Å². The summed E-state index contributed by atoms with van der Waals surface area (Å²) in [6, 6.07) is 8.65. The molecule has 3 nitrogen and oxygen atoms in total. The molecule has 1 amide bonds. The monoisotopic (exact) mass is 378 g/mol. The Balaban J connectivity index is 0.00000200. The van der Waals surface area contributed by atoms with Gasteiger partial charge in [-0.3, -0.25) is 4.79 Å². The van der Waals surface area contributed by atoms with Gasteiger partial charge in [0.25, 0.3) is 0 Å². The molecule has 1 aromatic rings. The zero-order valence-electron chi connectivity index (χ0n) is 11.2. The van der Waals surface area contributed by atoms with Gasteiger partial charge in [0.15, 0.2) is 0 Å². The molecule has 1 fully saturated rings. The summed E-state index contributed by atoms with van der Waals surface area (Å²) in [5.74, 6) is 0.976. The van der Waals surface area contributed by atoms with Gasteiger partial charge in [0.2, 0.25) is 5.91 Å². The fourth-order valence-corrected chi connectivity index (χ4v) is 3.16. The van der Waals surface area contributed by atoms with Crippen molar-refractivity contribution in [1.82, 2.24) is 10.6 Å². The van der Waals surface area contributed by atoms with E-state index in [1.807, 2.05) is 12.1 Å². The molecule has 1 aliphatic heterocycles. The van der Waals surface area contributed by atoms with E-state index in [-0.39, 0.29) is 18.3 Å². The second-order valence-electron chi connectivity index (χ2n) is 4.65. The molecular weight excluding hydrogens is 360 g/mol. The molecule has 1 atom stereocenters. The first-order valence-corrected chi connectivity index (χ1v) is 8.40. The molecule has 2 N–H and O–H groups in total. The molecule has 2 rings (SSSR count). The molecule has 1 aromatic carbocycles. The quantitative estimate of drug-likeness (QED) is 0.746. The Kier molecular flexibility index (Phi) is 8.61. The van der Waals surface area contributed by atoms with Crippen LogP contribution in [0.5, 0.6) is 0 Å². The van der Waals surface area contributed by atoms with Gasteiger partial charge in [0.05, 0.1) is 0 Å². The van der Waals surface area contributed by atoms with Crippen LogP contribution in [-0.2, 0) is 4.79 Å². The topological polar surface area (TPSA) is 41.1 Å². The van der Waals surface area contributed by atoms with Crippen molar-refractivity contribution in [1.29, 1.82) is 0 Å². The van der Waals surface area contributed by atoms with Crippen molar-refractivity contribution in [3.05, 3.63) is 28.7 Å². The number of halogens is 2. The molecule has 0 saturated carbocycles. The smallest absolute Gasteiger partial charge is 0.220 e. The third kappa shape index (κ3) is 6.48. The molecule has 0 bridgehead atoms. The minimum absolute atomic E-state index is 0. The highest BCUT2D eigenvalue weighted by atomic mass is 79.9. The first kappa shape index (κ1) is 17.8. The third-order valence-electron chi connectivity index (χ3n) is 3.12. The highest BCUT2D eigenvalue weighted by Crippen LogP contribution is 2.21. The van der Waals surface area contributed by atoms with Gasteiger partial charge in [-0.2, -0.15) is 0 Å². The maximum absolute atomic E-state index is 11.7. The molecule has 20 heavy (non-hydrogen) atoms. The van der Waals surface area contributed by atoms with E-state index in [1.165, 1.54) is 17.7 Å². The molecular formula is C14H20BrClN2OS. The maximum Gasteiger partial charge on any atom is 0.220 e. The zero-order chi connectivity index (χ0) is 13.5. The van der Waals surface area contributed by atoms with Crippen LogP contribution in [0.4, 0.5) is 0 Å². The number of thioether (sulfide) groups is 1. The number of nitrogens with one attached hydrogen (secondary N) is 2. The van der Waals surface area contributed by atoms with Crippen LogP contribution in [0.15, 0.2) is 33.6 Å². The van der Waals surface area contributed by atoms with Gasteiger partial charge < -0.3 is 10.6 Å². The van der Waals surface area contributed by atoms with Crippen LogP contribution in [-0.4, -0.2) is 30.8 Å². The van der Waals surface area contributed by atoms with Crippen molar-refractivity contribution in [3.63, 3.8) is 0 Å². The van der Waals surface area contributed by atoms with Gasteiger partial charge in [-0.25, -0.2) is 0 Å². The Morgan fingerprint density at radius 3 is 2.80 bits per heavy atom. The van der Waals surface area contributed by atoms with E-state index in [4.69, 9.17) is 0 Å². The summed E-state index contributed by atoms with van der Waals surface area (Å²) in [5.41, 5.74) is 0. The largest absolute Gasteiger partial charge is 0.355 e. The molecule has 0 radical (unpaired) electrons. The van der Waals surface area contributed by atoms with Crippen LogP contribution in [0.3, 0.4) is 0 Å². The van der Waals surface area contributed by atoms with Crippen molar-refractivity contribution in [2.75, 3.05) is 18.8 Å². The number of rotatable bonds is 6. The molecule has 1 saturated heterocycles. The van der Waals surface area contributed by atoms with Crippen molar-refractivity contribution in [2.45, 2.75) is 30.2 Å². The second-order valence-corrected chi connectivity index (χ2v) is 6.73. The number of benzene rings is 1. The lowest BCUT2D eigenvalue weighted by atomic mass is 10.2. The van der Waals surface area contributed by atoms with Gasteiger partial charge in [-0.05, 0) is 43.7 Å². The second kappa shape index (κ2) is 9.66. The predicted octanol–water partition coefficient (Wildman–Crippen LogP) is 3.22. The Morgan fingerprint density at radius 2 is 2.15 bits per heavy atom. The first-order valence-electron chi connectivity index (χ1n) is 6.62. The summed E-state index contributed by atoms with van der Waals surface area (Å²) in [5, 5.41) is 6.37. The summed E-state index contributed by atoms with van der Waals surface area (Å²) in [6.07, 6.45) is 2.97. The average Bonchev–Trinajstić information content (AvgIpc) is 2.92. The van der Waals surface area contributed by atoms with Crippen LogP contribution >= 0.6 is 40.1 Å². The highest BCUT2D eigenvalue weighted by Gasteiger charge is 2.14. The van der Waals surface area contributed by atoms with Crippen molar-refractivity contribution >= 4 is 46.0 Å². The Hall–Kier alpha value is -0.230. The molecule has 112 valence electrons. The lowest BCUT2D eigenvalue weighted by Crippen LogP contribution is -2.37. The predicted molar refractivity (Wildman–Crippen MR) is 90.8 cm³/mol. The lowest BCUT2D eigenvalue weighted by Gasteiger charge is -2.11. The fourth-order valence-electron chi connectivity index (χ4n) is 2.05. The molecule has 0 aliphatic carbocycles. The van der Waals surface area contributed by atoms with E-state index < -0.39 is 0 Å². The van der Waals surface area contributed by atoms with Gasteiger partial charge >= 0.3 is 0 Å². The SMILES string of the molecule is Cl.O=C(CCSc1ccc(Br)cc1)NCC1CCCN1. The van der Waals surface area contributed by atoms with Crippen molar-refractivity contribution < 1.29 is 4.79 Å². The number of carbonyl (C=O) groups is 1. The lowest BCUT2D eigenvalue weighted by molar-refractivity contribution is -0.120. The Labute approximate surface area is 139 Å². The number of carbonyl (C=O) groups excluding carboxylic acids is 1. The average molecular weight is 380 g/mol. The van der Waals surface area contributed by atoms with E-state index >= 15 is 0 Å². The van der Waals surface area contributed by atoms with E-state index in [1.54, 1.807) is 11.8 Å². The highest BCUT2D eigenvalue weighted by molar-refractivity contribution is 9.10. The van der Waals surface area contributed by atoms with Crippen molar-refractivity contribution in [3.8, 4) is 0 Å². The normalized spacial score (nSPS) is 17.6. The molecule has 6 heteroatoms. The Bertz CT molecular complexity index is 410. The fraction of sp³-hybridized carbons (Fsp3) is 0.500. The summed E-state index contributed by atoms with van der Waals surface area (Å²) >= 11 is 5.13. The van der Waals surface area contributed by atoms with E-state index in [0.29, 0.717) is 12.5 Å². The molecule has 0 aromatic heterocycles. The van der Waals surface area contributed by atoms with Crippen LogP contribution in [0.1, 0.15) is 19.3 Å². The van der Waals surface area contributed by atoms with Gasteiger partial charge in [0.1, 0.15) is 0 Å². The van der Waals surface area contributed by atoms with E-state index in [9.17, 15) is 4.79 Å². The first-order chi connectivity index (χ1) is 9.24. The standard InChI is InChI=1S/C14H19BrN2OS.ClH/c15-11-3-5-13(6-4-11)19-9-7-14(18)17-10-12-2-1-8-16-12;/h3-6,12,16H,1-2,7-10H2,(H,17,18);1H. The van der Waals surface area contributed by atoms with Crippen LogP contribution in [0, 0.1) is 0 Å². The summed E-state index contributed by atoms with van der Waals surface area (Å²) in [4.78, 5) is 12.9. The maximum atomic E-state index is 11.7. The summed E-state index contributed by atoms with van der Waals surface area (Å²) < 4.78 is 1.08. The number of hydrogen-bond acceptors (Lipinski definition) is 3. The van der Waals surface area contributed by atoms with E-state index in [2.05, 4.69) is 38.7 Å². The summed E-state index contributed by atoms with van der Waals surface area (Å²) in [6.45, 7) is 1.85. The Morgan fingerprint density at radius 1 is 1.40 bits per heavy atom. The minimum Gasteiger partial charge on any atom is -0.355 e. The number of amides is 1. The molecule has 0 spiro atoms. The van der Waals surface area contributed by atoms with E-state index in [0.717, 1.165) is 23.3 Å². The molecule has 1 aliphatic rings. The number of hydrogen-bond donors (Lipinski definition) is 2. The van der Waals surface area contributed by atoms with Crippen LogP contribution in [0.2, 0.25) is 0 Å². The van der Waals surface area contributed by atoms with Gasteiger partial charge in [0, 0.05) is 34.1 Å². The van der Waals surface area contributed by atoms with Gasteiger partial charge in [-0.1, -0.05) is 15.9 Å². The summed E-state index contributed by atoms with van der Waals surface area (Å²) in [7, 11) is 0. The zero-order valence-corrected chi connectivity index (χ0v) is 14.5. The minimum atomic E-state index is 0. The molecule has 1 heterocycles. The molecule has 1 unspecified atom stereocenters.